The van der Waals surface area contributed by atoms with Gasteiger partial charge in [-0.05, 0) is 31.0 Å². The van der Waals surface area contributed by atoms with E-state index in [0.717, 1.165) is 32.1 Å². The zero-order valence-electron chi connectivity index (χ0n) is 25.7. The number of aliphatic hydroxyl groups excluding tert-OH is 1. The van der Waals surface area contributed by atoms with Gasteiger partial charge in [-0.3, -0.25) is 4.57 Å². The van der Waals surface area contributed by atoms with Gasteiger partial charge >= 0.3 is 7.60 Å². The Morgan fingerprint density at radius 1 is 0.649 bits per heavy atom. The Balaban J connectivity index is 4.69. The summed E-state index contributed by atoms with van der Waals surface area (Å²) in [6, 6.07) is 3.57. The van der Waals surface area contributed by atoms with E-state index in [-0.39, 0.29) is 12.3 Å². The summed E-state index contributed by atoms with van der Waals surface area (Å²) < 4.78 is 29.8. The Morgan fingerprint density at radius 3 is 1.43 bits per heavy atom. The first-order valence-electron chi connectivity index (χ1n) is 15.9. The minimum Gasteiger partial charge on any atom is -0.414 e. The van der Waals surface area contributed by atoms with Gasteiger partial charge in [-0.25, -0.2) is 0 Å². The van der Waals surface area contributed by atoms with E-state index in [9.17, 15) is 9.67 Å². The van der Waals surface area contributed by atoms with Crippen LogP contribution in [0.2, 0.25) is 18.1 Å². The molecule has 1 N–H and O–H groups in total. The zero-order chi connectivity index (χ0) is 27.8. The van der Waals surface area contributed by atoms with Crippen LogP contribution >= 0.6 is 7.60 Å². The Bertz CT molecular complexity index is 523. The maximum Gasteiger partial charge on any atom is 0.332 e. The highest BCUT2D eigenvalue weighted by Crippen LogP contribution is 2.47. The van der Waals surface area contributed by atoms with Crippen LogP contribution in [0.15, 0.2) is 0 Å². The van der Waals surface area contributed by atoms with Gasteiger partial charge < -0.3 is 18.6 Å². The molecule has 37 heavy (non-hydrogen) atoms. The van der Waals surface area contributed by atoms with Crippen LogP contribution in [0.1, 0.15) is 143 Å². The van der Waals surface area contributed by atoms with Crippen LogP contribution in [0, 0.1) is 0 Å². The van der Waals surface area contributed by atoms with E-state index in [1.54, 1.807) is 0 Å². The third kappa shape index (κ3) is 19.1. The molecule has 0 aromatic heterocycles. The summed E-state index contributed by atoms with van der Waals surface area (Å²) in [7, 11) is -2.31. The van der Waals surface area contributed by atoms with Gasteiger partial charge in [0, 0.05) is 20.3 Å². The van der Waals surface area contributed by atoms with Crippen molar-refractivity contribution in [3.8, 4) is 0 Å². The summed E-state index contributed by atoms with van der Waals surface area (Å²) in [5.74, 6) is 0. The topological polar surface area (TPSA) is 65.0 Å². The van der Waals surface area contributed by atoms with Gasteiger partial charge in [0.25, 0.3) is 0 Å². The van der Waals surface area contributed by atoms with E-state index in [1.165, 1.54) is 109 Å². The molecular weight excluding hydrogens is 499 g/mol. The van der Waals surface area contributed by atoms with Gasteiger partial charge in [0.15, 0.2) is 8.32 Å². The molecule has 0 radical (unpaired) electrons. The number of unbranched alkanes of at least 4 members (excludes halogenated alkanes) is 12. The standard InChI is InChI=1S/C30H65O5PSi/c1-7-11-12-13-14-15-16-17-18-19-20-21-22-23-30(27-29(31)28-36(32,33-5)34-6)35-37(24-8-2,25-9-3)26-10-4/h29-31H,7-28H2,1-6H3/t29?,30-/m1/s1. The predicted octanol–water partition coefficient (Wildman–Crippen LogP) is 10.3. The molecule has 2 atom stereocenters. The first-order valence-corrected chi connectivity index (χ1v) is 20.2. The third-order valence-electron chi connectivity index (χ3n) is 7.69. The van der Waals surface area contributed by atoms with Gasteiger partial charge in [-0.1, -0.05) is 130 Å². The summed E-state index contributed by atoms with van der Waals surface area (Å²) in [4.78, 5) is 0. The maximum atomic E-state index is 12.6. The van der Waals surface area contributed by atoms with Crippen molar-refractivity contribution < 1.29 is 23.1 Å². The normalized spacial score (nSPS) is 14.2. The summed E-state index contributed by atoms with van der Waals surface area (Å²) >= 11 is 0. The molecule has 5 nitrogen and oxygen atoms in total. The maximum absolute atomic E-state index is 12.6. The summed E-state index contributed by atoms with van der Waals surface area (Å²) in [5.41, 5.74) is 0. The molecule has 0 saturated heterocycles. The minimum absolute atomic E-state index is 0.0289. The summed E-state index contributed by atoms with van der Waals surface area (Å²) in [6.07, 6.45) is 21.8. The van der Waals surface area contributed by atoms with E-state index in [2.05, 4.69) is 27.7 Å². The van der Waals surface area contributed by atoms with Crippen molar-refractivity contribution in [3.05, 3.63) is 0 Å². The molecule has 0 aromatic rings. The fourth-order valence-electron chi connectivity index (χ4n) is 5.75. The van der Waals surface area contributed by atoms with Crippen molar-refractivity contribution in [1.82, 2.24) is 0 Å². The van der Waals surface area contributed by atoms with Crippen LogP contribution in [0.25, 0.3) is 0 Å². The largest absolute Gasteiger partial charge is 0.414 e. The molecule has 0 aliphatic rings. The number of aliphatic hydroxyl groups is 1. The lowest BCUT2D eigenvalue weighted by molar-refractivity contribution is 0.0884. The number of rotatable bonds is 28. The predicted molar refractivity (Wildman–Crippen MR) is 163 cm³/mol. The molecule has 0 fully saturated rings. The molecule has 0 aliphatic carbocycles. The van der Waals surface area contributed by atoms with Crippen LogP contribution in [0.4, 0.5) is 0 Å². The van der Waals surface area contributed by atoms with E-state index < -0.39 is 22.0 Å². The SMILES string of the molecule is CCCCCCCCCCCCCCC[C@H](CC(O)CP(=O)(OC)OC)O[Si](CCC)(CCC)CCC. The first kappa shape index (κ1) is 37.3. The van der Waals surface area contributed by atoms with Crippen molar-refractivity contribution in [1.29, 1.82) is 0 Å². The van der Waals surface area contributed by atoms with E-state index in [0.29, 0.717) is 6.42 Å². The fraction of sp³-hybridized carbons (Fsp3) is 1.00. The van der Waals surface area contributed by atoms with Crippen LogP contribution in [-0.4, -0.2) is 46.0 Å². The number of hydrogen-bond acceptors (Lipinski definition) is 5. The quantitative estimate of drug-likeness (QED) is 0.0582. The lowest BCUT2D eigenvalue weighted by Gasteiger charge is -2.36. The molecular formula is C30H65O5PSi. The second-order valence-corrected chi connectivity index (χ2v) is 17.7. The second kappa shape index (κ2) is 24.1. The molecule has 0 spiro atoms. The molecule has 0 bridgehead atoms. The first-order chi connectivity index (χ1) is 17.8. The van der Waals surface area contributed by atoms with Crippen molar-refractivity contribution in [2.24, 2.45) is 0 Å². The van der Waals surface area contributed by atoms with Gasteiger partial charge in [-0.2, -0.15) is 0 Å². The highest BCUT2D eigenvalue weighted by atomic mass is 31.2. The second-order valence-electron chi connectivity index (χ2n) is 11.3. The van der Waals surface area contributed by atoms with E-state index in [4.69, 9.17) is 13.5 Å². The Kier molecular flexibility index (Phi) is 24.3. The highest BCUT2D eigenvalue weighted by molar-refractivity contribution is 7.53. The van der Waals surface area contributed by atoms with E-state index in [1.807, 2.05) is 0 Å². The van der Waals surface area contributed by atoms with Gasteiger partial charge in [0.05, 0.1) is 12.3 Å². The Labute approximate surface area is 232 Å². The van der Waals surface area contributed by atoms with E-state index >= 15 is 0 Å². The average molecular weight is 565 g/mol. The lowest BCUT2D eigenvalue weighted by Crippen LogP contribution is -2.42. The molecule has 7 heteroatoms. The zero-order valence-corrected chi connectivity index (χ0v) is 27.6. The van der Waals surface area contributed by atoms with Crippen LogP contribution < -0.4 is 0 Å². The molecule has 0 aliphatic heterocycles. The lowest BCUT2D eigenvalue weighted by atomic mass is 10.0. The molecule has 224 valence electrons. The van der Waals surface area contributed by atoms with Crippen LogP contribution in [0.3, 0.4) is 0 Å². The number of hydrogen-bond donors (Lipinski definition) is 1. The van der Waals surface area contributed by atoms with Crippen LogP contribution in [0.5, 0.6) is 0 Å². The smallest absolute Gasteiger partial charge is 0.332 e. The molecule has 0 amide bonds. The average Bonchev–Trinajstić information content (AvgIpc) is 2.87. The van der Waals surface area contributed by atoms with Crippen LogP contribution in [-0.2, 0) is 18.0 Å². The van der Waals surface area contributed by atoms with Gasteiger partial charge in [0.2, 0.25) is 0 Å². The molecule has 1 unspecified atom stereocenters. The molecule has 0 heterocycles. The Morgan fingerprint density at radius 2 is 1.05 bits per heavy atom. The van der Waals surface area contributed by atoms with Gasteiger partial charge in [0.1, 0.15) is 0 Å². The molecule has 0 saturated carbocycles. The monoisotopic (exact) mass is 564 g/mol. The fourth-order valence-corrected chi connectivity index (χ4v) is 11.6. The molecule has 0 rings (SSSR count). The minimum atomic E-state index is -3.24. The van der Waals surface area contributed by atoms with Crippen molar-refractivity contribution in [2.75, 3.05) is 20.4 Å². The van der Waals surface area contributed by atoms with Crippen molar-refractivity contribution >= 4 is 15.9 Å². The summed E-state index contributed by atoms with van der Waals surface area (Å²) in [5, 5.41) is 10.8. The van der Waals surface area contributed by atoms with Gasteiger partial charge in [-0.15, -0.1) is 0 Å². The Hall–Kier alpha value is 0.287. The highest BCUT2D eigenvalue weighted by Gasteiger charge is 2.36. The third-order valence-corrected chi connectivity index (χ3v) is 14.7. The summed E-state index contributed by atoms with van der Waals surface area (Å²) in [6.45, 7) is 9.07. The molecule has 0 aromatic carbocycles. The van der Waals surface area contributed by atoms with Crippen molar-refractivity contribution in [2.45, 2.75) is 174 Å². The van der Waals surface area contributed by atoms with Crippen molar-refractivity contribution in [3.63, 3.8) is 0 Å².